The summed E-state index contributed by atoms with van der Waals surface area (Å²) in [5, 5.41) is 0. The smallest absolute Gasteiger partial charge is 0.262 e. The predicted octanol–water partition coefficient (Wildman–Crippen LogP) is 1.19. The normalized spacial score (nSPS) is 15.2. The number of amides is 1. The van der Waals surface area contributed by atoms with Crippen molar-refractivity contribution in [3.63, 3.8) is 0 Å². The van der Waals surface area contributed by atoms with Gasteiger partial charge in [0.2, 0.25) is 0 Å². The number of benzene rings is 1. The molecule has 0 aliphatic carbocycles. The highest BCUT2D eigenvalue weighted by Gasteiger charge is 2.18. The summed E-state index contributed by atoms with van der Waals surface area (Å²) < 4.78 is 10.5. The third-order valence-electron chi connectivity index (χ3n) is 2.49. The van der Waals surface area contributed by atoms with E-state index in [0.29, 0.717) is 19.9 Å². The number of nitrogens with zero attached hydrogens (tertiary/aromatic N) is 1. The van der Waals surface area contributed by atoms with Crippen molar-refractivity contribution in [1.29, 1.82) is 0 Å². The molecule has 1 aliphatic heterocycles. The van der Waals surface area contributed by atoms with Gasteiger partial charge in [-0.05, 0) is 19.1 Å². The van der Waals surface area contributed by atoms with Gasteiger partial charge in [-0.3, -0.25) is 4.79 Å². The van der Waals surface area contributed by atoms with E-state index in [9.17, 15) is 4.79 Å². The van der Waals surface area contributed by atoms with E-state index in [0.717, 1.165) is 5.75 Å². The number of rotatable bonds is 3. The van der Waals surface area contributed by atoms with Crippen LogP contribution in [0.25, 0.3) is 0 Å². The Kier molecular flexibility index (Phi) is 3.41. The molecule has 0 spiro atoms. The fourth-order valence-corrected chi connectivity index (χ4v) is 1.48. The highest BCUT2D eigenvalue weighted by atomic mass is 16.5. The van der Waals surface area contributed by atoms with Gasteiger partial charge in [-0.2, -0.15) is 0 Å². The molecular weight excluding hydrogens is 206 g/mol. The quantitative estimate of drug-likeness (QED) is 0.769. The number of carbonyl (C=O) groups excluding carboxylic acids is 1. The molecular formula is C12H15NO3. The van der Waals surface area contributed by atoms with E-state index < -0.39 is 0 Å². The number of aryl methyl sites for hydroxylation is 1. The Labute approximate surface area is 94.8 Å². The van der Waals surface area contributed by atoms with Crippen LogP contribution in [0.2, 0.25) is 0 Å². The first-order valence-electron chi connectivity index (χ1n) is 5.31. The molecule has 4 nitrogen and oxygen atoms in total. The van der Waals surface area contributed by atoms with Gasteiger partial charge < -0.3 is 14.4 Å². The minimum Gasteiger partial charge on any atom is -0.484 e. The monoisotopic (exact) mass is 221 g/mol. The minimum atomic E-state index is -0.0296. The van der Waals surface area contributed by atoms with Crippen molar-refractivity contribution < 1.29 is 14.3 Å². The molecule has 0 bridgehead atoms. The van der Waals surface area contributed by atoms with Gasteiger partial charge in [0.25, 0.3) is 5.91 Å². The van der Waals surface area contributed by atoms with Crippen molar-refractivity contribution in [2.75, 3.05) is 26.5 Å². The van der Waals surface area contributed by atoms with E-state index in [4.69, 9.17) is 9.47 Å². The Morgan fingerprint density at radius 3 is 2.81 bits per heavy atom. The topological polar surface area (TPSA) is 38.8 Å². The van der Waals surface area contributed by atoms with E-state index in [-0.39, 0.29) is 12.5 Å². The lowest BCUT2D eigenvalue weighted by molar-refractivity contribution is -0.133. The van der Waals surface area contributed by atoms with Crippen molar-refractivity contribution in [3.05, 3.63) is 29.8 Å². The molecule has 2 rings (SSSR count). The molecule has 1 amide bonds. The summed E-state index contributed by atoms with van der Waals surface area (Å²) in [5.41, 5.74) is 1.17. The summed E-state index contributed by atoms with van der Waals surface area (Å²) in [5.74, 6) is 0.692. The van der Waals surface area contributed by atoms with Crippen LogP contribution in [0.3, 0.4) is 0 Å². The van der Waals surface area contributed by atoms with Gasteiger partial charge in [-0.15, -0.1) is 0 Å². The van der Waals surface area contributed by atoms with Gasteiger partial charge in [0.1, 0.15) is 12.5 Å². The van der Waals surface area contributed by atoms with Crippen molar-refractivity contribution in [3.8, 4) is 5.75 Å². The van der Waals surface area contributed by atoms with Crippen molar-refractivity contribution >= 4 is 5.91 Å². The maximum absolute atomic E-state index is 11.6. The molecule has 1 heterocycles. The van der Waals surface area contributed by atoms with Crippen LogP contribution in [0, 0.1) is 6.92 Å². The van der Waals surface area contributed by atoms with E-state index in [2.05, 4.69) is 0 Å². The molecule has 1 saturated heterocycles. The lowest BCUT2D eigenvalue weighted by Gasteiger charge is -2.13. The molecule has 16 heavy (non-hydrogen) atoms. The van der Waals surface area contributed by atoms with E-state index in [1.54, 1.807) is 4.90 Å². The molecule has 0 radical (unpaired) electrons. The molecule has 1 aliphatic rings. The second kappa shape index (κ2) is 4.99. The lowest BCUT2D eigenvalue weighted by atomic mass is 10.2. The summed E-state index contributed by atoms with van der Waals surface area (Å²) in [6.07, 6.45) is 0. The average Bonchev–Trinajstić information content (AvgIpc) is 2.81. The van der Waals surface area contributed by atoms with Crippen LogP contribution in [0.1, 0.15) is 5.56 Å². The van der Waals surface area contributed by atoms with Crippen molar-refractivity contribution in [2.24, 2.45) is 0 Å². The first-order valence-corrected chi connectivity index (χ1v) is 5.31. The Hall–Kier alpha value is -1.55. The Morgan fingerprint density at radius 1 is 1.44 bits per heavy atom. The number of hydrogen-bond acceptors (Lipinski definition) is 3. The summed E-state index contributed by atoms with van der Waals surface area (Å²) >= 11 is 0. The molecule has 0 atom stereocenters. The second-order valence-electron chi connectivity index (χ2n) is 3.80. The van der Waals surface area contributed by atoms with Crippen LogP contribution in [-0.2, 0) is 9.53 Å². The highest BCUT2D eigenvalue weighted by molar-refractivity contribution is 5.77. The molecule has 0 N–H and O–H groups in total. The predicted molar refractivity (Wildman–Crippen MR) is 59.2 cm³/mol. The lowest BCUT2D eigenvalue weighted by Crippen LogP contribution is -2.32. The minimum absolute atomic E-state index is 0.0296. The van der Waals surface area contributed by atoms with Crippen LogP contribution in [0.15, 0.2) is 24.3 Å². The van der Waals surface area contributed by atoms with Crippen LogP contribution < -0.4 is 4.74 Å². The fraction of sp³-hybridized carbons (Fsp3) is 0.417. The molecule has 1 aromatic carbocycles. The maximum atomic E-state index is 11.6. The third kappa shape index (κ3) is 2.73. The molecule has 0 saturated carbocycles. The summed E-state index contributed by atoms with van der Waals surface area (Å²) in [4.78, 5) is 13.3. The summed E-state index contributed by atoms with van der Waals surface area (Å²) in [6.45, 7) is 3.76. The molecule has 4 heteroatoms. The van der Waals surface area contributed by atoms with Gasteiger partial charge >= 0.3 is 0 Å². The Balaban J connectivity index is 1.82. The van der Waals surface area contributed by atoms with Crippen LogP contribution in [0.5, 0.6) is 5.75 Å². The number of ether oxygens (including phenoxy) is 2. The van der Waals surface area contributed by atoms with Crippen LogP contribution in [0.4, 0.5) is 0 Å². The van der Waals surface area contributed by atoms with Crippen molar-refractivity contribution in [2.45, 2.75) is 6.92 Å². The standard InChI is InChI=1S/C12H15NO3/c1-10-2-4-11(5-3-10)16-8-12(14)13-6-7-15-9-13/h2-5H,6-9H2,1H3. The molecule has 1 aromatic rings. The number of hydrogen-bond donors (Lipinski definition) is 0. The average molecular weight is 221 g/mol. The Morgan fingerprint density at radius 2 is 2.19 bits per heavy atom. The fourth-order valence-electron chi connectivity index (χ4n) is 1.48. The van der Waals surface area contributed by atoms with Gasteiger partial charge in [0.15, 0.2) is 6.61 Å². The molecule has 0 unspecified atom stereocenters. The Bertz CT molecular complexity index is 355. The first-order chi connectivity index (χ1) is 7.75. The third-order valence-corrected chi connectivity index (χ3v) is 2.49. The molecule has 0 aromatic heterocycles. The number of carbonyl (C=O) groups is 1. The van der Waals surface area contributed by atoms with E-state index >= 15 is 0 Å². The van der Waals surface area contributed by atoms with Gasteiger partial charge in [0.05, 0.1) is 6.61 Å². The maximum Gasteiger partial charge on any atom is 0.262 e. The zero-order valence-electron chi connectivity index (χ0n) is 9.31. The van der Waals surface area contributed by atoms with Gasteiger partial charge in [-0.25, -0.2) is 0 Å². The first kappa shape index (κ1) is 11.0. The SMILES string of the molecule is Cc1ccc(OCC(=O)N2CCOC2)cc1. The summed E-state index contributed by atoms with van der Waals surface area (Å²) in [6, 6.07) is 7.64. The van der Waals surface area contributed by atoms with Gasteiger partial charge in [0, 0.05) is 6.54 Å². The molecule has 1 fully saturated rings. The van der Waals surface area contributed by atoms with Gasteiger partial charge in [-0.1, -0.05) is 17.7 Å². The van der Waals surface area contributed by atoms with E-state index in [1.165, 1.54) is 5.56 Å². The second-order valence-corrected chi connectivity index (χ2v) is 3.80. The highest BCUT2D eigenvalue weighted by Crippen LogP contribution is 2.11. The van der Waals surface area contributed by atoms with Crippen LogP contribution in [-0.4, -0.2) is 37.3 Å². The van der Waals surface area contributed by atoms with Crippen molar-refractivity contribution in [1.82, 2.24) is 4.90 Å². The largest absolute Gasteiger partial charge is 0.484 e. The van der Waals surface area contributed by atoms with E-state index in [1.807, 2.05) is 31.2 Å². The molecule has 86 valence electrons. The zero-order valence-corrected chi connectivity index (χ0v) is 9.31. The van der Waals surface area contributed by atoms with Crippen LogP contribution >= 0.6 is 0 Å². The summed E-state index contributed by atoms with van der Waals surface area (Å²) in [7, 11) is 0. The zero-order chi connectivity index (χ0) is 11.4.